The molecule has 9 rings (SSSR count). The Balaban J connectivity index is 0.000000157. The summed E-state index contributed by atoms with van der Waals surface area (Å²) in [7, 11) is 0. The number of halogens is 3. The molecule has 3 aliphatic carbocycles. The minimum Gasteiger partial charge on any atom is -0.489 e. The molecule has 0 atom stereocenters. The standard InChI is InChI=1S/2C21H26FNO.C20H24FNO/c2*1-3-14-24-20-13-12-19(23-21(20)22)18-10-8-17(9-11-18)16-6-4-15(2)5-7-16;1-3-23-19-13-12-18(22-20(19)21)17-10-8-16(9-11-17)15-6-4-14(2)5-7-15/h2*8-13,15-16H,3-7,14H2,1-2H3;8-15H,3-7H2,1-2H3. The topological polar surface area (TPSA) is 66.4 Å². The number of hydrogen-bond acceptors (Lipinski definition) is 6. The van der Waals surface area contributed by atoms with Crippen LogP contribution in [0.4, 0.5) is 13.2 Å². The van der Waals surface area contributed by atoms with E-state index in [4.69, 9.17) is 14.2 Å². The van der Waals surface area contributed by atoms with E-state index in [1.807, 2.05) is 39.0 Å². The van der Waals surface area contributed by atoms with Gasteiger partial charge in [0.2, 0.25) is 0 Å². The van der Waals surface area contributed by atoms with Gasteiger partial charge in [-0.15, -0.1) is 0 Å². The summed E-state index contributed by atoms with van der Waals surface area (Å²) in [5.74, 6) is 3.65. The smallest absolute Gasteiger partial charge is 0.255 e. The van der Waals surface area contributed by atoms with Crippen LogP contribution in [0.25, 0.3) is 33.8 Å². The maximum atomic E-state index is 14.0. The van der Waals surface area contributed by atoms with E-state index in [-0.39, 0.29) is 17.2 Å². The van der Waals surface area contributed by atoms with E-state index in [1.54, 1.807) is 18.2 Å². The molecule has 0 unspecified atom stereocenters. The molecule has 6 nitrogen and oxygen atoms in total. The van der Waals surface area contributed by atoms with Gasteiger partial charge in [0.1, 0.15) is 0 Å². The van der Waals surface area contributed by atoms with Crippen molar-refractivity contribution in [3.05, 3.63) is 144 Å². The lowest BCUT2D eigenvalue weighted by Crippen LogP contribution is -2.10. The number of benzene rings is 3. The van der Waals surface area contributed by atoms with Gasteiger partial charge in [-0.2, -0.15) is 13.2 Å². The number of aromatic nitrogens is 3. The predicted octanol–water partition coefficient (Wildman–Crippen LogP) is 17.5. The van der Waals surface area contributed by atoms with Gasteiger partial charge >= 0.3 is 0 Å². The first kappa shape index (κ1) is 53.1. The fourth-order valence-corrected chi connectivity index (χ4v) is 10.2. The molecule has 0 spiro atoms. The molecule has 0 saturated heterocycles. The highest BCUT2D eigenvalue weighted by Gasteiger charge is 2.22. The highest BCUT2D eigenvalue weighted by atomic mass is 19.1. The minimum atomic E-state index is -0.547. The third-order valence-corrected chi connectivity index (χ3v) is 14.7. The lowest BCUT2D eigenvalue weighted by Gasteiger charge is -2.26. The normalized spacial score (nSPS) is 20.9. The van der Waals surface area contributed by atoms with Crippen LogP contribution in [0.1, 0.15) is 166 Å². The fourth-order valence-electron chi connectivity index (χ4n) is 10.2. The Morgan fingerprint density at radius 2 is 0.634 bits per heavy atom. The third-order valence-electron chi connectivity index (χ3n) is 14.7. The third kappa shape index (κ3) is 15.2. The largest absolute Gasteiger partial charge is 0.489 e. The predicted molar refractivity (Wildman–Crippen MR) is 283 cm³/mol. The molecule has 3 aliphatic rings. The van der Waals surface area contributed by atoms with E-state index in [1.165, 1.54) is 93.7 Å². The van der Waals surface area contributed by atoms with Crippen molar-refractivity contribution in [1.82, 2.24) is 15.0 Å². The Morgan fingerprint density at radius 3 is 0.873 bits per heavy atom. The summed E-state index contributed by atoms with van der Waals surface area (Å²) >= 11 is 0. The summed E-state index contributed by atoms with van der Waals surface area (Å²) in [6.07, 6.45) is 17.3. The zero-order valence-electron chi connectivity index (χ0n) is 43.1. The summed E-state index contributed by atoms with van der Waals surface area (Å²) in [5, 5.41) is 0. The van der Waals surface area contributed by atoms with E-state index in [2.05, 4.69) is 109 Å². The van der Waals surface area contributed by atoms with Crippen LogP contribution in [0, 0.1) is 35.6 Å². The van der Waals surface area contributed by atoms with Crippen LogP contribution >= 0.6 is 0 Å². The van der Waals surface area contributed by atoms with Crippen LogP contribution in [0.5, 0.6) is 17.2 Å². The van der Waals surface area contributed by atoms with Gasteiger partial charge in [0.05, 0.1) is 36.9 Å². The fraction of sp³-hybridized carbons (Fsp3) is 0.468. The maximum absolute atomic E-state index is 14.0. The summed E-state index contributed by atoms with van der Waals surface area (Å²) in [6, 6.07) is 35.8. The number of rotatable bonds is 14. The van der Waals surface area contributed by atoms with Gasteiger partial charge in [-0.1, -0.05) is 146 Å². The summed E-state index contributed by atoms with van der Waals surface area (Å²) in [5.41, 5.74) is 8.98. The Bertz CT molecular complexity index is 2410. The Hall–Kier alpha value is -5.70. The van der Waals surface area contributed by atoms with Crippen molar-refractivity contribution in [2.75, 3.05) is 19.8 Å². The second-order valence-electron chi connectivity index (χ2n) is 20.3. The average molecular weight is 968 g/mol. The van der Waals surface area contributed by atoms with Gasteiger partial charge in [0, 0.05) is 16.7 Å². The van der Waals surface area contributed by atoms with Crippen molar-refractivity contribution in [2.45, 2.75) is 149 Å². The Labute approximate surface area is 422 Å². The molecule has 378 valence electrons. The quantitative estimate of drug-likeness (QED) is 0.101. The van der Waals surface area contributed by atoms with Gasteiger partial charge in [0.15, 0.2) is 17.2 Å². The van der Waals surface area contributed by atoms with Crippen molar-refractivity contribution >= 4 is 0 Å². The average Bonchev–Trinajstić information content (AvgIpc) is 3.40. The molecule has 0 amide bonds. The van der Waals surface area contributed by atoms with Crippen molar-refractivity contribution in [2.24, 2.45) is 17.8 Å². The second-order valence-corrected chi connectivity index (χ2v) is 20.3. The van der Waals surface area contributed by atoms with Gasteiger partial charge < -0.3 is 14.2 Å². The summed E-state index contributed by atoms with van der Waals surface area (Å²) < 4.78 is 57.8. The monoisotopic (exact) mass is 968 g/mol. The van der Waals surface area contributed by atoms with E-state index in [0.717, 1.165) is 47.3 Å². The molecule has 0 N–H and O–H groups in total. The minimum absolute atomic E-state index is 0.212. The van der Waals surface area contributed by atoms with E-state index in [9.17, 15) is 13.2 Å². The van der Waals surface area contributed by atoms with Crippen molar-refractivity contribution in [3.63, 3.8) is 0 Å². The first-order valence-corrected chi connectivity index (χ1v) is 26.7. The van der Waals surface area contributed by atoms with Gasteiger partial charge in [-0.05, 0) is 147 Å². The van der Waals surface area contributed by atoms with Crippen LogP contribution in [0.3, 0.4) is 0 Å². The SMILES string of the molecule is CCCOc1ccc(-c2ccc(C3CCC(C)CC3)cc2)nc1F.CCCOc1ccc(-c2ccc(C3CCC(C)CC3)cc2)nc1F.CCOc1ccc(-c2ccc(C3CCC(C)CC3)cc2)nc1F. The second kappa shape index (κ2) is 26.7. The molecule has 3 aromatic heterocycles. The van der Waals surface area contributed by atoms with Crippen LogP contribution in [-0.4, -0.2) is 34.8 Å². The van der Waals surface area contributed by atoms with Crippen molar-refractivity contribution in [1.29, 1.82) is 0 Å². The lowest BCUT2D eigenvalue weighted by molar-refractivity contribution is 0.297. The summed E-state index contributed by atoms with van der Waals surface area (Å²) in [6.45, 7) is 14.3. The molecule has 3 aromatic carbocycles. The van der Waals surface area contributed by atoms with E-state index < -0.39 is 17.8 Å². The van der Waals surface area contributed by atoms with Crippen molar-refractivity contribution in [3.8, 4) is 51.0 Å². The number of hydrogen-bond donors (Lipinski definition) is 0. The zero-order valence-corrected chi connectivity index (χ0v) is 43.1. The first-order chi connectivity index (χ1) is 34.5. The van der Waals surface area contributed by atoms with E-state index in [0.29, 0.717) is 54.7 Å². The number of pyridine rings is 3. The number of nitrogens with zero attached hydrogens (tertiary/aromatic N) is 3. The molecule has 0 bridgehead atoms. The molecule has 71 heavy (non-hydrogen) atoms. The highest BCUT2D eigenvalue weighted by molar-refractivity contribution is 5.62. The van der Waals surface area contributed by atoms with Crippen LogP contribution in [-0.2, 0) is 0 Å². The molecular weight excluding hydrogens is 892 g/mol. The van der Waals surface area contributed by atoms with Crippen molar-refractivity contribution < 1.29 is 27.4 Å². The van der Waals surface area contributed by atoms with Gasteiger partial charge in [-0.3, -0.25) is 0 Å². The van der Waals surface area contributed by atoms with Crippen LogP contribution in [0.15, 0.2) is 109 Å². The molecule has 6 aromatic rings. The van der Waals surface area contributed by atoms with E-state index >= 15 is 0 Å². The molecule has 3 saturated carbocycles. The molecule has 3 fully saturated rings. The zero-order chi connectivity index (χ0) is 50.1. The molecular formula is C62H76F3N3O3. The van der Waals surface area contributed by atoms with Crippen LogP contribution < -0.4 is 14.2 Å². The Kier molecular flexibility index (Phi) is 19.9. The lowest BCUT2D eigenvalue weighted by atomic mass is 9.79. The molecule has 0 radical (unpaired) electrons. The number of ether oxygens (including phenoxy) is 3. The first-order valence-electron chi connectivity index (χ1n) is 26.7. The van der Waals surface area contributed by atoms with Crippen LogP contribution in [0.2, 0.25) is 0 Å². The Morgan fingerprint density at radius 1 is 0.366 bits per heavy atom. The summed E-state index contributed by atoms with van der Waals surface area (Å²) in [4.78, 5) is 12.1. The highest BCUT2D eigenvalue weighted by Crippen LogP contribution is 2.39. The van der Waals surface area contributed by atoms with Gasteiger partial charge in [-0.25, -0.2) is 15.0 Å². The molecule has 0 aliphatic heterocycles. The maximum Gasteiger partial charge on any atom is 0.255 e. The molecule has 3 heterocycles. The molecule has 9 heteroatoms. The van der Waals surface area contributed by atoms with Gasteiger partial charge in [0.25, 0.3) is 17.8 Å².